The van der Waals surface area contributed by atoms with Crippen molar-refractivity contribution in [2.24, 2.45) is 7.05 Å². The van der Waals surface area contributed by atoms with E-state index >= 15 is 0 Å². The van der Waals surface area contributed by atoms with Crippen molar-refractivity contribution in [1.82, 2.24) is 39.1 Å². The van der Waals surface area contributed by atoms with Crippen molar-refractivity contribution in [3.63, 3.8) is 0 Å². The number of anilines is 1. The van der Waals surface area contributed by atoms with Gasteiger partial charge in [0.15, 0.2) is 11.5 Å². The SMILES string of the molecule is C[C@H](NC(=O)c1c(N)nn2cccnc12)c1nc2cccc(C#Cc3ccn(C)n3)n2c1-c1ccccc1. The summed E-state index contributed by atoms with van der Waals surface area (Å²) in [5.74, 6) is 6.11. The fraction of sp³-hybridized carbons (Fsp3) is 0.107. The number of nitrogens with one attached hydrogen (secondary N) is 1. The number of carbonyl (C=O) groups excluding carboxylic acids is 1. The van der Waals surface area contributed by atoms with Gasteiger partial charge >= 0.3 is 0 Å². The van der Waals surface area contributed by atoms with Crippen LogP contribution in [0.5, 0.6) is 0 Å². The van der Waals surface area contributed by atoms with E-state index < -0.39 is 6.04 Å². The summed E-state index contributed by atoms with van der Waals surface area (Å²) in [4.78, 5) is 22.6. The van der Waals surface area contributed by atoms with Crippen molar-refractivity contribution in [2.45, 2.75) is 13.0 Å². The van der Waals surface area contributed by atoms with Crippen LogP contribution in [-0.2, 0) is 7.05 Å². The summed E-state index contributed by atoms with van der Waals surface area (Å²) in [6, 6.07) is 18.8. The van der Waals surface area contributed by atoms with E-state index in [0.29, 0.717) is 22.7 Å². The Bertz CT molecular complexity index is 1870. The highest BCUT2D eigenvalue weighted by molar-refractivity contribution is 6.04. The number of nitrogen functional groups attached to an aromatic ring is 1. The number of hydrogen-bond donors (Lipinski definition) is 2. The zero-order valence-electron chi connectivity index (χ0n) is 20.7. The van der Waals surface area contributed by atoms with E-state index in [1.807, 2.05) is 79.2 Å². The minimum absolute atomic E-state index is 0.110. The summed E-state index contributed by atoms with van der Waals surface area (Å²) in [7, 11) is 1.86. The van der Waals surface area contributed by atoms with E-state index in [2.05, 4.69) is 32.3 Å². The second-order valence-corrected chi connectivity index (χ2v) is 8.78. The van der Waals surface area contributed by atoms with Gasteiger partial charge in [-0.15, -0.1) is 5.10 Å². The Labute approximate surface area is 217 Å². The number of carbonyl (C=O) groups is 1. The third kappa shape index (κ3) is 4.02. The van der Waals surface area contributed by atoms with Gasteiger partial charge in [0.05, 0.1) is 23.1 Å². The zero-order valence-corrected chi connectivity index (χ0v) is 20.7. The summed E-state index contributed by atoms with van der Waals surface area (Å²) in [5, 5.41) is 11.6. The van der Waals surface area contributed by atoms with Crippen LogP contribution in [0.1, 0.15) is 40.4 Å². The van der Waals surface area contributed by atoms with Crippen molar-refractivity contribution in [2.75, 3.05) is 5.73 Å². The Morgan fingerprint density at radius 1 is 1.00 bits per heavy atom. The van der Waals surface area contributed by atoms with E-state index in [0.717, 1.165) is 17.0 Å². The van der Waals surface area contributed by atoms with Crippen LogP contribution in [0, 0.1) is 11.8 Å². The van der Waals surface area contributed by atoms with Crippen LogP contribution in [0.4, 0.5) is 5.82 Å². The number of pyridine rings is 1. The second-order valence-electron chi connectivity index (χ2n) is 8.78. The maximum absolute atomic E-state index is 13.4. The Hall–Kier alpha value is -5.43. The molecule has 0 saturated carbocycles. The molecule has 1 aromatic carbocycles. The molecule has 0 saturated heterocycles. The molecule has 1 amide bonds. The first kappa shape index (κ1) is 23.0. The number of imidazole rings is 1. The van der Waals surface area contributed by atoms with Crippen LogP contribution in [-0.4, -0.2) is 39.7 Å². The van der Waals surface area contributed by atoms with Gasteiger partial charge in [-0.1, -0.05) is 36.4 Å². The van der Waals surface area contributed by atoms with Crippen molar-refractivity contribution in [3.8, 4) is 23.1 Å². The molecule has 10 heteroatoms. The molecule has 0 fully saturated rings. The molecule has 0 spiro atoms. The number of aromatic nitrogens is 7. The van der Waals surface area contributed by atoms with E-state index in [-0.39, 0.29) is 17.3 Å². The molecule has 0 aliphatic carbocycles. The van der Waals surface area contributed by atoms with Crippen molar-refractivity contribution >= 4 is 23.0 Å². The molecule has 6 rings (SSSR count). The Balaban J connectivity index is 1.45. The molecule has 1 atom stereocenters. The van der Waals surface area contributed by atoms with Gasteiger partial charge in [0.25, 0.3) is 5.91 Å². The van der Waals surface area contributed by atoms with Crippen LogP contribution in [0.3, 0.4) is 0 Å². The number of nitrogens with two attached hydrogens (primary N) is 1. The number of nitrogens with zero attached hydrogens (tertiary/aromatic N) is 7. The fourth-order valence-corrected chi connectivity index (χ4v) is 4.45. The lowest BCUT2D eigenvalue weighted by molar-refractivity contribution is 0.0941. The van der Waals surface area contributed by atoms with Gasteiger partial charge in [0, 0.05) is 31.2 Å². The first-order chi connectivity index (χ1) is 18.5. The minimum atomic E-state index is -0.465. The zero-order chi connectivity index (χ0) is 26.2. The first-order valence-corrected chi connectivity index (χ1v) is 12.0. The molecule has 6 aromatic rings. The lowest BCUT2D eigenvalue weighted by Crippen LogP contribution is -2.28. The lowest BCUT2D eigenvalue weighted by atomic mass is 10.1. The highest BCUT2D eigenvalue weighted by Gasteiger charge is 2.25. The standard InChI is InChI=1S/C28H23N9O/c1-18(31-28(38)23-26(29)34-36-16-7-15-30-27(23)36)24-25(19-8-4-3-5-9-19)37-21(10-6-11-22(37)32-24)13-12-20-14-17-35(2)33-20/h3-11,14-18H,1-2H3,(H2,29,34)(H,31,38)/t18-/m0/s1. The predicted molar refractivity (Wildman–Crippen MR) is 143 cm³/mol. The molecular weight excluding hydrogens is 478 g/mol. The third-order valence-electron chi connectivity index (χ3n) is 6.16. The largest absolute Gasteiger partial charge is 0.381 e. The van der Waals surface area contributed by atoms with Gasteiger partial charge in [-0.25, -0.2) is 14.5 Å². The van der Waals surface area contributed by atoms with Gasteiger partial charge in [-0.05, 0) is 43.0 Å². The molecule has 5 heterocycles. The molecule has 5 aromatic heterocycles. The van der Waals surface area contributed by atoms with Crippen molar-refractivity contribution < 1.29 is 4.79 Å². The summed E-state index contributed by atoms with van der Waals surface area (Å²) in [5.41, 5.74) is 11.3. The first-order valence-electron chi connectivity index (χ1n) is 12.0. The van der Waals surface area contributed by atoms with E-state index in [9.17, 15) is 4.79 Å². The van der Waals surface area contributed by atoms with Gasteiger partial charge in [0.1, 0.15) is 16.9 Å². The maximum Gasteiger partial charge on any atom is 0.259 e. The molecular formula is C28H23N9O. The topological polar surface area (TPSA) is 120 Å². The summed E-state index contributed by atoms with van der Waals surface area (Å²) < 4.78 is 5.21. The van der Waals surface area contributed by atoms with E-state index in [1.54, 1.807) is 23.1 Å². The lowest BCUT2D eigenvalue weighted by Gasteiger charge is -2.14. The summed E-state index contributed by atoms with van der Waals surface area (Å²) in [6.45, 7) is 1.89. The van der Waals surface area contributed by atoms with E-state index in [1.165, 1.54) is 4.52 Å². The highest BCUT2D eigenvalue weighted by atomic mass is 16.1. The van der Waals surface area contributed by atoms with Gasteiger partial charge < -0.3 is 11.1 Å². The molecule has 0 radical (unpaired) electrons. The van der Waals surface area contributed by atoms with Gasteiger partial charge in [0.2, 0.25) is 0 Å². The number of aryl methyl sites for hydroxylation is 1. The minimum Gasteiger partial charge on any atom is -0.381 e. The van der Waals surface area contributed by atoms with Crippen LogP contribution >= 0.6 is 0 Å². The van der Waals surface area contributed by atoms with Crippen LogP contribution in [0.2, 0.25) is 0 Å². The van der Waals surface area contributed by atoms with Crippen LogP contribution < -0.4 is 11.1 Å². The maximum atomic E-state index is 13.4. The fourth-order valence-electron chi connectivity index (χ4n) is 4.45. The quantitative estimate of drug-likeness (QED) is 0.358. The van der Waals surface area contributed by atoms with Crippen LogP contribution in [0.15, 0.2) is 79.3 Å². The van der Waals surface area contributed by atoms with E-state index in [4.69, 9.17) is 10.7 Å². The number of rotatable bonds is 4. The summed E-state index contributed by atoms with van der Waals surface area (Å²) in [6.07, 6.45) is 5.15. The van der Waals surface area contributed by atoms with Crippen molar-refractivity contribution in [3.05, 3.63) is 102 Å². The van der Waals surface area contributed by atoms with Crippen molar-refractivity contribution in [1.29, 1.82) is 0 Å². The van der Waals surface area contributed by atoms with Crippen LogP contribution in [0.25, 0.3) is 22.6 Å². The molecule has 38 heavy (non-hydrogen) atoms. The Morgan fingerprint density at radius 3 is 2.63 bits per heavy atom. The van der Waals surface area contributed by atoms with Gasteiger partial charge in [-0.2, -0.15) is 5.10 Å². The average molecular weight is 502 g/mol. The number of fused-ring (bicyclic) bond motifs is 2. The normalized spacial score (nSPS) is 11.8. The monoisotopic (exact) mass is 501 g/mol. The molecule has 10 nitrogen and oxygen atoms in total. The smallest absolute Gasteiger partial charge is 0.259 e. The number of benzene rings is 1. The average Bonchev–Trinajstić information content (AvgIpc) is 3.62. The number of amides is 1. The highest BCUT2D eigenvalue weighted by Crippen LogP contribution is 2.31. The Morgan fingerprint density at radius 2 is 1.84 bits per heavy atom. The molecule has 3 N–H and O–H groups in total. The molecule has 186 valence electrons. The molecule has 0 aliphatic rings. The van der Waals surface area contributed by atoms with Gasteiger partial charge in [-0.3, -0.25) is 13.9 Å². The Kier molecular flexibility index (Phi) is 5.58. The summed E-state index contributed by atoms with van der Waals surface area (Å²) >= 11 is 0. The second kappa shape index (κ2) is 9.22. The number of hydrogen-bond acceptors (Lipinski definition) is 6. The molecule has 0 aliphatic heterocycles. The molecule has 0 bridgehead atoms. The molecule has 0 unspecified atom stereocenters. The predicted octanol–water partition coefficient (Wildman–Crippen LogP) is 3.25. The third-order valence-corrected chi connectivity index (χ3v) is 6.16.